The molecule has 0 aromatic carbocycles. The lowest BCUT2D eigenvalue weighted by molar-refractivity contribution is -0.140. The summed E-state index contributed by atoms with van der Waals surface area (Å²) in [6.45, 7) is 13.4. The molecule has 10 heteroatoms. The van der Waals surface area contributed by atoms with E-state index in [4.69, 9.17) is 0 Å². The van der Waals surface area contributed by atoms with Crippen LogP contribution in [0.4, 0.5) is 0 Å². The lowest BCUT2D eigenvalue weighted by Gasteiger charge is -2.15. The zero-order valence-corrected chi connectivity index (χ0v) is 29.6. The quantitative estimate of drug-likeness (QED) is 0.112. The summed E-state index contributed by atoms with van der Waals surface area (Å²) in [7, 11) is 0. The summed E-state index contributed by atoms with van der Waals surface area (Å²) in [6, 6.07) is 0. The molecule has 0 N–H and O–H groups in total. The molecule has 2 aliphatic rings. The van der Waals surface area contributed by atoms with Gasteiger partial charge in [0.15, 0.2) is 0 Å². The van der Waals surface area contributed by atoms with Crippen LogP contribution in [0.15, 0.2) is 0 Å². The number of Topliss-reactive ketones (excluding diaryl/α,β-unsaturated/α-hetero) is 4. The van der Waals surface area contributed by atoms with Gasteiger partial charge in [0, 0.05) is 62.9 Å². The number of ketones is 4. The molecule has 0 radical (unpaired) electrons. The summed E-state index contributed by atoms with van der Waals surface area (Å²) >= 11 is 0. The molecule has 10 nitrogen and oxygen atoms in total. The SMILES string of the molecule is CC(=O)CCCCCN1C(=O)CC(CCCC(C)C(C)=O)C1=O.CC(=O)CCCCCN1C(=O)CCC1=O.CCCC(C)C(C)=O. The number of carbonyl (C=O) groups excluding carboxylic acids is 8. The largest absolute Gasteiger partial charge is 0.300 e. The predicted octanol–water partition coefficient (Wildman–Crippen LogP) is 6.20. The topological polar surface area (TPSA) is 143 Å². The van der Waals surface area contributed by atoms with Crippen molar-refractivity contribution in [3.8, 4) is 0 Å². The fourth-order valence-electron chi connectivity index (χ4n) is 5.24. The van der Waals surface area contributed by atoms with Crippen LogP contribution in [0.25, 0.3) is 0 Å². The van der Waals surface area contributed by atoms with Crippen molar-refractivity contribution >= 4 is 46.8 Å². The minimum atomic E-state index is -0.209. The normalized spacial score (nSPS) is 17.2. The number of hydrogen-bond acceptors (Lipinski definition) is 8. The summed E-state index contributed by atoms with van der Waals surface area (Å²) in [6.07, 6.45) is 11.6. The number of unbranched alkanes of at least 4 members (excludes halogenated alkanes) is 4. The van der Waals surface area contributed by atoms with Gasteiger partial charge < -0.3 is 9.59 Å². The Morgan fingerprint density at radius 2 is 1.09 bits per heavy atom. The molecule has 0 aromatic rings. The number of likely N-dealkylation sites (tertiary alicyclic amines) is 2. The van der Waals surface area contributed by atoms with Crippen LogP contribution in [0.2, 0.25) is 0 Å². The highest BCUT2D eigenvalue weighted by Crippen LogP contribution is 2.26. The maximum atomic E-state index is 12.3. The van der Waals surface area contributed by atoms with E-state index in [1.165, 1.54) is 9.80 Å². The molecule has 4 amide bonds. The van der Waals surface area contributed by atoms with Gasteiger partial charge in [-0.05, 0) is 72.6 Å². The monoisotopic (exact) mass is 648 g/mol. The summed E-state index contributed by atoms with van der Waals surface area (Å²) in [4.78, 5) is 92.6. The molecule has 0 saturated carbocycles. The lowest BCUT2D eigenvalue weighted by atomic mass is 9.95. The van der Waals surface area contributed by atoms with Gasteiger partial charge in [-0.2, -0.15) is 0 Å². The van der Waals surface area contributed by atoms with E-state index >= 15 is 0 Å². The number of amides is 4. The summed E-state index contributed by atoms with van der Waals surface area (Å²) < 4.78 is 0. The van der Waals surface area contributed by atoms with E-state index in [1.807, 2.05) is 13.8 Å². The van der Waals surface area contributed by atoms with E-state index in [2.05, 4.69) is 6.92 Å². The van der Waals surface area contributed by atoms with Crippen LogP contribution in [0.1, 0.15) is 151 Å². The minimum absolute atomic E-state index is 0.0274. The van der Waals surface area contributed by atoms with Gasteiger partial charge in [-0.25, -0.2) is 0 Å². The van der Waals surface area contributed by atoms with E-state index < -0.39 is 0 Å². The lowest BCUT2D eigenvalue weighted by Crippen LogP contribution is -2.31. The molecular weight excluding hydrogens is 588 g/mol. The molecule has 262 valence electrons. The van der Waals surface area contributed by atoms with Gasteiger partial charge >= 0.3 is 0 Å². The second-order valence-corrected chi connectivity index (χ2v) is 13.0. The Bertz CT molecular complexity index is 1020. The van der Waals surface area contributed by atoms with Gasteiger partial charge in [-0.3, -0.25) is 38.6 Å². The van der Waals surface area contributed by atoms with Gasteiger partial charge in [0.05, 0.1) is 0 Å². The molecule has 0 spiro atoms. The van der Waals surface area contributed by atoms with Crippen LogP contribution in [-0.4, -0.2) is 69.7 Å². The molecule has 2 rings (SSSR count). The van der Waals surface area contributed by atoms with Crippen LogP contribution < -0.4 is 0 Å². The molecule has 46 heavy (non-hydrogen) atoms. The molecule has 3 atom stereocenters. The van der Waals surface area contributed by atoms with Crippen molar-refractivity contribution in [1.82, 2.24) is 9.80 Å². The van der Waals surface area contributed by atoms with Gasteiger partial charge in [0.25, 0.3) is 0 Å². The van der Waals surface area contributed by atoms with Crippen molar-refractivity contribution in [2.45, 2.75) is 151 Å². The molecule has 2 fully saturated rings. The molecule has 0 aliphatic carbocycles. The Kier molecular flexibility index (Phi) is 22.6. The van der Waals surface area contributed by atoms with E-state index in [0.29, 0.717) is 57.4 Å². The van der Waals surface area contributed by atoms with E-state index in [9.17, 15) is 38.4 Å². The first kappa shape index (κ1) is 43.0. The van der Waals surface area contributed by atoms with E-state index in [-0.39, 0.29) is 58.7 Å². The first-order chi connectivity index (χ1) is 21.6. The summed E-state index contributed by atoms with van der Waals surface area (Å²) in [5.41, 5.74) is 0. The summed E-state index contributed by atoms with van der Waals surface area (Å²) in [5.74, 6) is 0.721. The highest BCUT2D eigenvalue weighted by molar-refractivity contribution is 6.03. The molecule has 2 aliphatic heterocycles. The Hall–Kier alpha value is -3.04. The van der Waals surface area contributed by atoms with E-state index in [0.717, 1.165) is 64.2 Å². The number of rotatable bonds is 20. The fraction of sp³-hybridized carbons (Fsp3) is 0.778. The Labute approximate surface area is 276 Å². The molecule has 0 aromatic heterocycles. The molecule has 3 unspecified atom stereocenters. The van der Waals surface area contributed by atoms with Gasteiger partial charge in [-0.1, -0.05) is 46.5 Å². The average Bonchev–Trinajstić information content (AvgIpc) is 3.44. The molecule has 2 saturated heterocycles. The Morgan fingerprint density at radius 3 is 1.50 bits per heavy atom. The van der Waals surface area contributed by atoms with Crippen molar-refractivity contribution < 1.29 is 38.4 Å². The second kappa shape index (κ2) is 24.2. The summed E-state index contributed by atoms with van der Waals surface area (Å²) in [5, 5.41) is 0. The van der Waals surface area contributed by atoms with Crippen molar-refractivity contribution in [3.63, 3.8) is 0 Å². The zero-order chi connectivity index (χ0) is 35.2. The van der Waals surface area contributed by atoms with Crippen molar-refractivity contribution in [1.29, 1.82) is 0 Å². The van der Waals surface area contributed by atoms with Crippen LogP contribution in [-0.2, 0) is 38.4 Å². The third kappa shape index (κ3) is 18.8. The molecular formula is C36H60N2O8. The van der Waals surface area contributed by atoms with Crippen LogP contribution in [0.3, 0.4) is 0 Å². The highest BCUT2D eigenvalue weighted by Gasteiger charge is 2.37. The van der Waals surface area contributed by atoms with Gasteiger partial charge in [-0.15, -0.1) is 0 Å². The minimum Gasteiger partial charge on any atom is -0.300 e. The Morgan fingerprint density at radius 1 is 0.630 bits per heavy atom. The maximum absolute atomic E-state index is 12.3. The standard InChI is InChI=1S/C18H29NO4.C11H17NO3.C7H14O/c1-13(15(3)21)8-7-10-16-12-17(22)19(18(16)23)11-6-4-5-9-14(2)20;1-9(13)5-3-2-4-8-12-10(14)6-7-11(12)15;1-4-5-6(2)7(3)8/h13,16H,4-12H2,1-3H3;2-8H2,1H3;6H,4-5H2,1-3H3. The number of imide groups is 2. The van der Waals surface area contributed by atoms with Crippen LogP contribution >= 0.6 is 0 Å². The van der Waals surface area contributed by atoms with Crippen LogP contribution in [0, 0.1) is 17.8 Å². The predicted molar refractivity (Wildman–Crippen MR) is 178 cm³/mol. The van der Waals surface area contributed by atoms with Crippen LogP contribution in [0.5, 0.6) is 0 Å². The van der Waals surface area contributed by atoms with Gasteiger partial charge in [0.1, 0.15) is 23.1 Å². The first-order valence-corrected chi connectivity index (χ1v) is 17.3. The average molecular weight is 649 g/mol. The molecule has 2 heterocycles. The number of carbonyl (C=O) groups is 8. The smallest absolute Gasteiger partial charge is 0.232 e. The van der Waals surface area contributed by atoms with E-state index in [1.54, 1.807) is 27.7 Å². The fourth-order valence-corrected chi connectivity index (χ4v) is 5.24. The van der Waals surface area contributed by atoms with Gasteiger partial charge in [0.2, 0.25) is 23.6 Å². The number of hydrogen-bond donors (Lipinski definition) is 0. The maximum Gasteiger partial charge on any atom is 0.232 e. The highest BCUT2D eigenvalue weighted by atomic mass is 16.2. The second-order valence-electron chi connectivity index (χ2n) is 13.0. The van der Waals surface area contributed by atoms with Crippen molar-refractivity contribution in [2.75, 3.05) is 13.1 Å². The zero-order valence-electron chi connectivity index (χ0n) is 29.6. The third-order valence-electron chi connectivity index (χ3n) is 8.61. The number of nitrogens with zero attached hydrogens (tertiary/aromatic N) is 2. The Balaban J connectivity index is 0.000000751. The third-order valence-corrected chi connectivity index (χ3v) is 8.61. The van der Waals surface area contributed by atoms with Crippen molar-refractivity contribution in [2.24, 2.45) is 17.8 Å². The first-order valence-electron chi connectivity index (χ1n) is 17.3. The van der Waals surface area contributed by atoms with Crippen molar-refractivity contribution in [3.05, 3.63) is 0 Å². The molecule has 0 bridgehead atoms.